The van der Waals surface area contributed by atoms with Crippen molar-refractivity contribution in [3.05, 3.63) is 46.6 Å². The van der Waals surface area contributed by atoms with Gasteiger partial charge in [0.1, 0.15) is 10.7 Å². The number of allylic oxidation sites excluding steroid dienone is 1. The number of carbonyl (C=O) groups is 1. The van der Waals surface area contributed by atoms with E-state index in [9.17, 15) is 10.0 Å². The number of halogens is 1. The van der Waals surface area contributed by atoms with Gasteiger partial charge in [0.15, 0.2) is 0 Å². The van der Waals surface area contributed by atoms with Gasteiger partial charge >= 0.3 is 0 Å². The Morgan fingerprint density at radius 2 is 1.70 bits per heavy atom. The highest BCUT2D eigenvalue weighted by Gasteiger charge is 2.50. The standard InChI is InChI=1S/C15H18ClN2O2/c1-14(2)13(17-15(3,4)18(14)20)11(16)12(19)10-8-6-5-7-9-10/h5-9,17H,1-4H3/b13-11-. The van der Waals surface area contributed by atoms with Crippen LogP contribution in [-0.2, 0) is 5.21 Å². The highest BCUT2D eigenvalue weighted by Crippen LogP contribution is 2.38. The van der Waals surface area contributed by atoms with Gasteiger partial charge in [0.2, 0.25) is 5.78 Å². The van der Waals surface area contributed by atoms with E-state index in [1.165, 1.54) is 0 Å². The van der Waals surface area contributed by atoms with Crippen LogP contribution in [0.25, 0.3) is 0 Å². The molecule has 1 aromatic carbocycles. The van der Waals surface area contributed by atoms with Gasteiger partial charge in [-0.05, 0) is 27.7 Å². The van der Waals surface area contributed by atoms with Crippen LogP contribution < -0.4 is 5.32 Å². The number of hydroxylamine groups is 2. The fourth-order valence-corrected chi connectivity index (χ4v) is 2.85. The van der Waals surface area contributed by atoms with Crippen LogP contribution in [0.5, 0.6) is 0 Å². The van der Waals surface area contributed by atoms with Gasteiger partial charge in [-0.25, -0.2) is 0 Å². The molecule has 1 aromatic rings. The Labute approximate surface area is 124 Å². The van der Waals surface area contributed by atoms with Crippen molar-refractivity contribution >= 4 is 17.4 Å². The summed E-state index contributed by atoms with van der Waals surface area (Å²) in [6.07, 6.45) is 0. The number of hydrogen-bond donors (Lipinski definition) is 1. The van der Waals surface area contributed by atoms with Crippen LogP contribution in [-0.4, -0.2) is 22.0 Å². The second-order valence-corrected chi connectivity index (χ2v) is 6.30. The summed E-state index contributed by atoms with van der Waals surface area (Å²) in [6.45, 7) is 7.01. The molecule has 0 atom stereocenters. The summed E-state index contributed by atoms with van der Waals surface area (Å²) >= 11 is 6.25. The second kappa shape index (κ2) is 4.88. The van der Waals surface area contributed by atoms with E-state index in [1.54, 1.807) is 52.0 Å². The largest absolute Gasteiger partial charge is 0.366 e. The van der Waals surface area contributed by atoms with Crippen LogP contribution in [0.3, 0.4) is 0 Å². The number of Topliss-reactive ketones (excluding diaryl/α,β-unsaturated/α-hetero) is 1. The molecule has 1 radical (unpaired) electrons. The lowest BCUT2D eigenvalue weighted by Crippen LogP contribution is -2.47. The first kappa shape index (κ1) is 15.0. The van der Waals surface area contributed by atoms with Gasteiger partial charge in [-0.2, -0.15) is 0 Å². The van der Waals surface area contributed by atoms with E-state index in [1.807, 2.05) is 6.07 Å². The Kier molecular flexibility index (Phi) is 3.67. The van der Waals surface area contributed by atoms with E-state index in [4.69, 9.17) is 11.6 Å². The van der Waals surface area contributed by atoms with Crippen LogP contribution in [0.2, 0.25) is 0 Å². The van der Waals surface area contributed by atoms with Crippen molar-refractivity contribution in [2.75, 3.05) is 0 Å². The van der Waals surface area contributed by atoms with Crippen LogP contribution in [0.1, 0.15) is 38.1 Å². The van der Waals surface area contributed by atoms with Gasteiger partial charge in [-0.1, -0.05) is 41.9 Å². The van der Waals surface area contributed by atoms with Gasteiger partial charge in [-0.15, -0.1) is 10.3 Å². The number of carbonyl (C=O) groups excluding carboxylic acids is 1. The highest BCUT2D eigenvalue weighted by molar-refractivity contribution is 6.45. The van der Waals surface area contributed by atoms with Crippen molar-refractivity contribution in [2.24, 2.45) is 0 Å². The average Bonchev–Trinajstić information content (AvgIpc) is 2.58. The molecule has 1 saturated heterocycles. The van der Waals surface area contributed by atoms with Crippen LogP contribution >= 0.6 is 11.6 Å². The maximum absolute atomic E-state index is 12.4. The fraction of sp³-hybridized carbons (Fsp3) is 0.400. The second-order valence-electron chi connectivity index (χ2n) is 5.92. The lowest BCUT2D eigenvalue weighted by Gasteiger charge is -2.29. The van der Waals surface area contributed by atoms with Crippen LogP contribution in [0.4, 0.5) is 0 Å². The summed E-state index contributed by atoms with van der Waals surface area (Å²) in [7, 11) is 0. The SMILES string of the molecule is CC1(C)N/C(=C(\Cl)C(=O)c2ccccc2)C(C)(C)N1[O]. The molecule has 1 aliphatic rings. The maximum Gasteiger partial charge on any atom is 0.206 e. The first-order valence-corrected chi connectivity index (χ1v) is 6.81. The normalized spacial score (nSPS) is 23.3. The van der Waals surface area contributed by atoms with Crippen molar-refractivity contribution in [1.82, 2.24) is 10.4 Å². The molecule has 0 amide bonds. The smallest absolute Gasteiger partial charge is 0.206 e. The number of nitrogens with zero attached hydrogens (tertiary/aromatic N) is 1. The summed E-state index contributed by atoms with van der Waals surface area (Å²) < 4.78 is 0. The zero-order chi connectivity index (χ0) is 15.1. The zero-order valence-corrected chi connectivity index (χ0v) is 12.8. The molecule has 0 aromatic heterocycles. The van der Waals surface area contributed by atoms with Gasteiger partial charge in [-0.3, -0.25) is 4.79 Å². The first-order chi connectivity index (χ1) is 9.18. The van der Waals surface area contributed by atoms with Gasteiger partial charge < -0.3 is 5.32 Å². The fourth-order valence-electron chi connectivity index (χ4n) is 2.46. The molecule has 0 bridgehead atoms. The van der Waals surface area contributed by atoms with E-state index in [-0.39, 0.29) is 10.8 Å². The molecule has 0 unspecified atom stereocenters. The zero-order valence-electron chi connectivity index (χ0n) is 12.0. The summed E-state index contributed by atoms with van der Waals surface area (Å²) in [4.78, 5) is 12.4. The summed E-state index contributed by atoms with van der Waals surface area (Å²) in [5, 5.41) is 16.3. The van der Waals surface area contributed by atoms with Crippen molar-refractivity contribution in [1.29, 1.82) is 0 Å². The van der Waals surface area contributed by atoms with Crippen molar-refractivity contribution < 1.29 is 10.0 Å². The maximum atomic E-state index is 12.4. The minimum absolute atomic E-state index is 0.0626. The van der Waals surface area contributed by atoms with E-state index < -0.39 is 11.2 Å². The number of ketones is 1. The quantitative estimate of drug-likeness (QED) is 0.673. The van der Waals surface area contributed by atoms with Gasteiger partial charge in [0, 0.05) is 5.56 Å². The lowest BCUT2D eigenvalue weighted by molar-refractivity contribution is -0.243. The first-order valence-electron chi connectivity index (χ1n) is 6.43. The Morgan fingerprint density at radius 1 is 1.15 bits per heavy atom. The molecule has 1 N–H and O–H groups in total. The Bertz CT molecular complexity index is 564. The molecular formula is C15H18ClN2O2. The van der Waals surface area contributed by atoms with Crippen LogP contribution in [0.15, 0.2) is 41.1 Å². The predicted molar refractivity (Wildman–Crippen MR) is 77.5 cm³/mol. The third-order valence-corrected chi connectivity index (χ3v) is 3.87. The molecule has 1 heterocycles. The Balaban J connectivity index is 2.45. The predicted octanol–water partition coefficient (Wildman–Crippen LogP) is 3.09. The average molecular weight is 294 g/mol. The molecule has 0 aliphatic carbocycles. The van der Waals surface area contributed by atoms with Crippen LogP contribution in [0, 0.1) is 0 Å². The van der Waals surface area contributed by atoms with Gasteiger partial charge in [0.25, 0.3) is 0 Å². The van der Waals surface area contributed by atoms with Crippen molar-refractivity contribution in [3.8, 4) is 0 Å². The van der Waals surface area contributed by atoms with E-state index in [2.05, 4.69) is 5.32 Å². The Hall–Kier alpha value is -1.36. The Morgan fingerprint density at radius 3 is 2.15 bits per heavy atom. The molecule has 5 heteroatoms. The number of rotatable bonds is 2. The topological polar surface area (TPSA) is 52.2 Å². The van der Waals surface area contributed by atoms with Gasteiger partial charge in [0.05, 0.1) is 11.2 Å². The molecule has 0 saturated carbocycles. The number of hydrogen-bond acceptors (Lipinski definition) is 3. The third-order valence-electron chi connectivity index (χ3n) is 3.51. The van der Waals surface area contributed by atoms with E-state index in [0.29, 0.717) is 11.3 Å². The minimum atomic E-state index is -0.870. The molecular weight excluding hydrogens is 276 g/mol. The number of benzene rings is 1. The summed E-state index contributed by atoms with van der Waals surface area (Å²) in [6, 6.07) is 8.79. The van der Waals surface area contributed by atoms with Crippen molar-refractivity contribution in [2.45, 2.75) is 38.9 Å². The van der Waals surface area contributed by atoms with E-state index in [0.717, 1.165) is 5.06 Å². The molecule has 0 spiro atoms. The summed E-state index contributed by atoms with van der Waals surface area (Å²) in [5.41, 5.74) is -0.696. The minimum Gasteiger partial charge on any atom is -0.366 e. The summed E-state index contributed by atoms with van der Waals surface area (Å²) in [5.74, 6) is -0.283. The molecule has 107 valence electrons. The molecule has 1 fully saturated rings. The van der Waals surface area contributed by atoms with E-state index >= 15 is 0 Å². The lowest BCUT2D eigenvalue weighted by atomic mass is 9.99. The highest BCUT2D eigenvalue weighted by atomic mass is 35.5. The monoisotopic (exact) mass is 293 g/mol. The number of nitrogens with one attached hydrogen (secondary N) is 1. The molecule has 1 aliphatic heterocycles. The molecule has 20 heavy (non-hydrogen) atoms. The third kappa shape index (κ3) is 2.35. The molecule has 2 rings (SSSR count). The van der Waals surface area contributed by atoms with Crippen molar-refractivity contribution in [3.63, 3.8) is 0 Å². The molecule has 4 nitrogen and oxygen atoms in total.